The van der Waals surface area contributed by atoms with Crippen molar-refractivity contribution in [2.75, 3.05) is 19.4 Å². The number of methoxy groups -OCH3 is 1. The molecule has 0 N–H and O–H groups in total. The molecular formula is C11H14F2N2O3S. The molecule has 1 aromatic rings. The summed E-state index contributed by atoms with van der Waals surface area (Å²) in [5.41, 5.74) is -0.0344. The number of hydrogen-bond acceptors (Lipinski definition) is 4. The van der Waals surface area contributed by atoms with Gasteiger partial charge in [-0.25, -0.2) is 17.8 Å². The van der Waals surface area contributed by atoms with Crippen molar-refractivity contribution < 1.29 is 21.9 Å². The third-order valence-corrected chi connectivity index (χ3v) is 4.92. The Morgan fingerprint density at radius 2 is 2.26 bits per heavy atom. The largest absolute Gasteiger partial charge is 0.380 e. The lowest BCUT2D eigenvalue weighted by Crippen LogP contribution is -2.44. The molecule has 8 heteroatoms. The molecule has 106 valence electrons. The number of pyridine rings is 1. The van der Waals surface area contributed by atoms with Gasteiger partial charge in [-0.05, 0) is 12.5 Å². The van der Waals surface area contributed by atoms with E-state index >= 15 is 0 Å². The van der Waals surface area contributed by atoms with Crippen LogP contribution in [0.4, 0.5) is 8.78 Å². The number of nitrogens with zero attached hydrogens (tertiary/aromatic N) is 2. The molecule has 0 aliphatic carbocycles. The molecule has 1 saturated heterocycles. The summed E-state index contributed by atoms with van der Waals surface area (Å²) in [5.74, 6) is -2.40. The predicted octanol–water partition coefficient (Wildman–Crippen LogP) is 0.910. The van der Waals surface area contributed by atoms with Crippen LogP contribution in [-0.4, -0.2) is 43.2 Å². The number of ether oxygens (including phenoxy) is 1. The highest BCUT2D eigenvalue weighted by Crippen LogP contribution is 2.20. The van der Waals surface area contributed by atoms with Crippen LogP contribution < -0.4 is 0 Å². The Morgan fingerprint density at radius 1 is 1.53 bits per heavy atom. The number of aromatic nitrogens is 1. The quantitative estimate of drug-likeness (QED) is 0.777. The van der Waals surface area contributed by atoms with E-state index in [2.05, 4.69) is 4.98 Å². The molecule has 2 heterocycles. The second-order valence-electron chi connectivity index (χ2n) is 4.33. The Balaban J connectivity index is 2.22. The van der Waals surface area contributed by atoms with Crippen molar-refractivity contribution in [1.29, 1.82) is 0 Å². The van der Waals surface area contributed by atoms with E-state index in [0.29, 0.717) is 6.42 Å². The smallest absolute Gasteiger partial charge is 0.249 e. The lowest BCUT2D eigenvalue weighted by Gasteiger charge is -2.31. The van der Waals surface area contributed by atoms with E-state index in [-0.39, 0.29) is 30.5 Å². The van der Waals surface area contributed by atoms with Gasteiger partial charge >= 0.3 is 0 Å². The Labute approximate surface area is 110 Å². The molecule has 2 rings (SSSR count). The highest BCUT2D eigenvalue weighted by Gasteiger charge is 2.32. The highest BCUT2D eigenvalue weighted by atomic mass is 32.2. The van der Waals surface area contributed by atoms with Gasteiger partial charge in [0, 0.05) is 32.0 Å². The van der Waals surface area contributed by atoms with Gasteiger partial charge in [0.05, 0.1) is 11.9 Å². The third kappa shape index (κ3) is 3.07. The van der Waals surface area contributed by atoms with E-state index in [0.717, 1.165) is 10.5 Å². The molecule has 0 spiro atoms. The maximum absolute atomic E-state index is 13.5. The van der Waals surface area contributed by atoms with E-state index < -0.39 is 21.8 Å². The van der Waals surface area contributed by atoms with Gasteiger partial charge in [0.15, 0.2) is 5.82 Å². The van der Waals surface area contributed by atoms with Gasteiger partial charge in [0.2, 0.25) is 16.0 Å². The van der Waals surface area contributed by atoms with Gasteiger partial charge in [-0.2, -0.15) is 8.70 Å². The summed E-state index contributed by atoms with van der Waals surface area (Å²) >= 11 is 0. The van der Waals surface area contributed by atoms with Crippen molar-refractivity contribution in [3.05, 3.63) is 29.6 Å². The van der Waals surface area contributed by atoms with Crippen molar-refractivity contribution in [2.45, 2.75) is 19.1 Å². The minimum Gasteiger partial charge on any atom is -0.380 e. The van der Waals surface area contributed by atoms with Gasteiger partial charge in [-0.1, -0.05) is 0 Å². The molecule has 1 atom stereocenters. The fourth-order valence-electron chi connectivity index (χ4n) is 1.96. The molecule has 5 nitrogen and oxygen atoms in total. The summed E-state index contributed by atoms with van der Waals surface area (Å²) in [4.78, 5) is 3.17. The van der Waals surface area contributed by atoms with Crippen LogP contribution in [0, 0.1) is 11.8 Å². The van der Waals surface area contributed by atoms with Gasteiger partial charge in [-0.3, -0.25) is 0 Å². The average molecular weight is 292 g/mol. The fraction of sp³-hybridized carbons (Fsp3) is 0.545. The van der Waals surface area contributed by atoms with Crippen LogP contribution in [-0.2, 0) is 21.3 Å². The first-order valence-corrected chi connectivity index (χ1v) is 7.34. The molecule has 1 aliphatic heterocycles. The van der Waals surface area contributed by atoms with Crippen molar-refractivity contribution in [1.82, 2.24) is 9.29 Å². The molecule has 1 aromatic heterocycles. The first kappa shape index (κ1) is 14.3. The van der Waals surface area contributed by atoms with Crippen LogP contribution in [0.2, 0.25) is 0 Å². The molecular weight excluding hydrogens is 278 g/mol. The van der Waals surface area contributed by atoms with Gasteiger partial charge in [0.1, 0.15) is 0 Å². The van der Waals surface area contributed by atoms with Crippen LogP contribution in [0.25, 0.3) is 0 Å². The molecule has 19 heavy (non-hydrogen) atoms. The summed E-state index contributed by atoms with van der Waals surface area (Å²) < 4.78 is 56.5. The number of halogens is 2. The van der Waals surface area contributed by atoms with Gasteiger partial charge in [0.25, 0.3) is 0 Å². The number of sulfonamides is 1. The second-order valence-corrected chi connectivity index (χ2v) is 6.42. The molecule has 1 unspecified atom stereocenters. The highest BCUT2D eigenvalue weighted by molar-refractivity contribution is 7.89. The zero-order valence-electron chi connectivity index (χ0n) is 10.3. The number of rotatable bonds is 3. The third-order valence-electron chi connectivity index (χ3n) is 3.11. The van der Waals surface area contributed by atoms with Crippen molar-refractivity contribution in [2.24, 2.45) is 0 Å². The average Bonchev–Trinajstić information content (AvgIpc) is 2.37. The van der Waals surface area contributed by atoms with Crippen molar-refractivity contribution >= 4 is 10.0 Å². The maximum atomic E-state index is 13.5. The molecule has 1 fully saturated rings. The topological polar surface area (TPSA) is 59.5 Å². The Hall–Kier alpha value is -1.12. The first-order chi connectivity index (χ1) is 8.94. The van der Waals surface area contributed by atoms with E-state index in [9.17, 15) is 17.2 Å². The maximum Gasteiger partial charge on any atom is 0.249 e. The van der Waals surface area contributed by atoms with Crippen LogP contribution in [0.5, 0.6) is 0 Å². The minimum atomic E-state index is -3.45. The second kappa shape index (κ2) is 5.48. The summed E-state index contributed by atoms with van der Waals surface area (Å²) in [6, 6.07) is 1.27. The molecule has 1 aliphatic rings. The Kier molecular flexibility index (Phi) is 4.12. The van der Waals surface area contributed by atoms with Crippen molar-refractivity contribution in [3.63, 3.8) is 0 Å². The molecule has 0 amide bonds. The zero-order valence-corrected chi connectivity index (χ0v) is 11.2. The Bertz CT molecular complexity index is 565. The van der Waals surface area contributed by atoms with E-state index in [1.807, 2.05) is 0 Å². The van der Waals surface area contributed by atoms with Crippen LogP contribution >= 0.6 is 0 Å². The lowest BCUT2D eigenvalue weighted by atomic mass is 10.2. The van der Waals surface area contributed by atoms with Gasteiger partial charge in [-0.15, -0.1) is 0 Å². The SMILES string of the molecule is COC1CCS(=O)(=O)N(Cc2ccnc(F)c2F)C1. The Morgan fingerprint density at radius 3 is 2.95 bits per heavy atom. The van der Waals surface area contributed by atoms with E-state index in [1.54, 1.807) is 0 Å². The van der Waals surface area contributed by atoms with Crippen LogP contribution in [0.15, 0.2) is 12.3 Å². The van der Waals surface area contributed by atoms with E-state index in [1.165, 1.54) is 13.2 Å². The summed E-state index contributed by atoms with van der Waals surface area (Å²) in [6.07, 6.45) is 1.29. The fourth-order valence-corrected chi connectivity index (χ4v) is 3.51. The number of hydrogen-bond donors (Lipinski definition) is 0. The lowest BCUT2D eigenvalue weighted by molar-refractivity contribution is 0.0736. The monoisotopic (exact) mass is 292 g/mol. The van der Waals surface area contributed by atoms with E-state index in [4.69, 9.17) is 4.74 Å². The standard InChI is InChI=1S/C11H14F2N2O3S/c1-18-9-3-5-19(16,17)15(7-9)6-8-2-4-14-11(13)10(8)12/h2,4,9H,3,5-7H2,1H3. The molecule has 0 saturated carbocycles. The summed E-state index contributed by atoms with van der Waals surface area (Å²) in [6.45, 7) is -0.0737. The van der Waals surface area contributed by atoms with Gasteiger partial charge < -0.3 is 4.74 Å². The normalized spacial score (nSPS) is 23.4. The summed E-state index contributed by atoms with van der Waals surface area (Å²) in [5, 5.41) is 0. The van der Waals surface area contributed by atoms with Crippen molar-refractivity contribution in [3.8, 4) is 0 Å². The predicted molar refractivity (Wildman–Crippen MR) is 63.8 cm³/mol. The molecule has 0 bridgehead atoms. The summed E-state index contributed by atoms with van der Waals surface area (Å²) in [7, 11) is -1.96. The zero-order chi connectivity index (χ0) is 14.0. The van der Waals surface area contributed by atoms with Crippen LogP contribution in [0.3, 0.4) is 0 Å². The first-order valence-electron chi connectivity index (χ1n) is 5.73. The minimum absolute atomic E-state index is 0.0344. The van der Waals surface area contributed by atoms with Crippen LogP contribution in [0.1, 0.15) is 12.0 Å². The molecule has 0 radical (unpaired) electrons. The molecule has 0 aromatic carbocycles.